The first-order valence-electron chi connectivity index (χ1n) is 6.13. The minimum Gasteiger partial charge on any atom is -0.494 e. The van der Waals surface area contributed by atoms with Crippen molar-refractivity contribution < 1.29 is 14.6 Å². The maximum absolute atomic E-state index is 10.2. The van der Waals surface area contributed by atoms with Gasteiger partial charge in [0, 0.05) is 6.61 Å². The predicted molar refractivity (Wildman–Crippen MR) is 68.3 cm³/mol. The number of rotatable bonds is 7. The van der Waals surface area contributed by atoms with E-state index in [1.807, 2.05) is 31.2 Å². The maximum atomic E-state index is 10.2. The molecule has 0 saturated carbocycles. The monoisotopic (exact) mass is 238 g/mol. The van der Waals surface area contributed by atoms with Gasteiger partial charge < -0.3 is 14.6 Å². The fourth-order valence-corrected chi connectivity index (χ4v) is 1.51. The number of ether oxygens (including phenoxy) is 2. The molecule has 0 amide bonds. The summed E-state index contributed by atoms with van der Waals surface area (Å²) in [5.74, 6) is 0.836. The van der Waals surface area contributed by atoms with Crippen LogP contribution in [0.2, 0.25) is 0 Å². The zero-order valence-corrected chi connectivity index (χ0v) is 10.9. The fourth-order valence-electron chi connectivity index (χ4n) is 1.51. The Morgan fingerprint density at radius 3 is 2.35 bits per heavy atom. The lowest BCUT2D eigenvalue weighted by molar-refractivity contribution is -0.0343. The van der Waals surface area contributed by atoms with Crippen molar-refractivity contribution in [2.75, 3.05) is 19.8 Å². The Bertz CT molecular complexity index is 317. The molecule has 96 valence electrons. The van der Waals surface area contributed by atoms with E-state index in [1.165, 1.54) is 0 Å². The number of hydrogen-bond acceptors (Lipinski definition) is 3. The highest BCUT2D eigenvalue weighted by atomic mass is 16.5. The van der Waals surface area contributed by atoms with Gasteiger partial charge in [0.05, 0.1) is 13.2 Å². The van der Waals surface area contributed by atoms with Crippen molar-refractivity contribution in [2.24, 2.45) is 0 Å². The quantitative estimate of drug-likeness (QED) is 0.793. The Labute approximate surface area is 103 Å². The Hall–Kier alpha value is -1.06. The van der Waals surface area contributed by atoms with Crippen LogP contribution in [0.3, 0.4) is 0 Å². The molecule has 0 aliphatic heterocycles. The first-order valence-corrected chi connectivity index (χ1v) is 6.13. The van der Waals surface area contributed by atoms with Crippen molar-refractivity contribution in [1.29, 1.82) is 0 Å². The second kappa shape index (κ2) is 6.62. The average molecular weight is 238 g/mol. The molecule has 0 spiro atoms. The summed E-state index contributed by atoms with van der Waals surface area (Å²) in [6.45, 7) is 7.37. The molecule has 1 N–H and O–H groups in total. The molecule has 0 heterocycles. The summed E-state index contributed by atoms with van der Waals surface area (Å²) in [6, 6.07) is 7.52. The predicted octanol–water partition coefficient (Wildman–Crippen LogP) is 2.72. The van der Waals surface area contributed by atoms with Gasteiger partial charge in [0.2, 0.25) is 0 Å². The van der Waals surface area contributed by atoms with E-state index >= 15 is 0 Å². The van der Waals surface area contributed by atoms with E-state index in [4.69, 9.17) is 9.47 Å². The van der Waals surface area contributed by atoms with E-state index < -0.39 is 5.60 Å². The molecule has 0 bridgehead atoms. The second-order valence-corrected chi connectivity index (χ2v) is 4.28. The Morgan fingerprint density at radius 2 is 1.82 bits per heavy atom. The number of aliphatic hydroxyl groups is 1. The third-order valence-electron chi connectivity index (χ3n) is 2.54. The molecule has 3 heteroatoms. The molecule has 0 fully saturated rings. The van der Waals surface area contributed by atoms with Gasteiger partial charge in [0.1, 0.15) is 11.4 Å². The highest BCUT2D eigenvalue weighted by Crippen LogP contribution is 2.23. The summed E-state index contributed by atoms with van der Waals surface area (Å²) in [4.78, 5) is 0. The van der Waals surface area contributed by atoms with Gasteiger partial charge in [-0.05, 0) is 38.0 Å². The maximum Gasteiger partial charge on any atom is 0.119 e. The van der Waals surface area contributed by atoms with E-state index in [9.17, 15) is 5.11 Å². The van der Waals surface area contributed by atoms with Crippen LogP contribution in [0.4, 0.5) is 0 Å². The van der Waals surface area contributed by atoms with Gasteiger partial charge in [-0.3, -0.25) is 0 Å². The Balaban J connectivity index is 2.65. The summed E-state index contributed by atoms with van der Waals surface area (Å²) in [5, 5.41) is 10.2. The van der Waals surface area contributed by atoms with Crippen LogP contribution in [-0.2, 0) is 10.3 Å². The molecular formula is C14H22O3. The lowest BCUT2D eigenvalue weighted by Crippen LogP contribution is -2.27. The largest absolute Gasteiger partial charge is 0.494 e. The first-order chi connectivity index (χ1) is 8.10. The molecule has 1 aromatic carbocycles. The van der Waals surface area contributed by atoms with Gasteiger partial charge in [-0.1, -0.05) is 19.1 Å². The summed E-state index contributed by atoms with van der Waals surface area (Å²) in [5.41, 5.74) is -0.103. The molecule has 1 aromatic rings. The third kappa shape index (κ3) is 4.36. The lowest BCUT2D eigenvalue weighted by atomic mass is 9.97. The Morgan fingerprint density at radius 1 is 1.18 bits per heavy atom. The van der Waals surface area contributed by atoms with Gasteiger partial charge in [-0.2, -0.15) is 0 Å². The van der Waals surface area contributed by atoms with E-state index in [0.717, 1.165) is 17.7 Å². The fraction of sp³-hybridized carbons (Fsp3) is 0.571. The van der Waals surface area contributed by atoms with Gasteiger partial charge >= 0.3 is 0 Å². The zero-order valence-electron chi connectivity index (χ0n) is 10.9. The van der Waals surface area contributed by atoms with Gasteiger partial charge in [0.15, 0.2) is 0 Å². The van der Waals surface area contributed by atoms with Crippen molar-refractivity contribution in [2.45, 2.75) is 32.8 Å². The van der Waals surface area contributed by atoms with Crippen LogP contribution in [0.5, 0.6) is 5.75 Å². The van der Waals surface area contributed by atoms with Crippen LogP contribution in [0.1, 0.15) is 32.8 Å². The molecule has 17 heavy (non-hydrogen) atoms. The van der Waals surface area contributed by atoms with Crippen molar-refractivity contribution in [3.8, 4) is 5.75 Å². The second-order valence-electron chi connectivity index (χ2n) is 4.28. The summed E-state index contributed by atoms with van der Waals surface area (Å²) in [6.07, 6.45) is 0.990. The summed E-state index contributed by atoms with van der Waals surface area (Å²) < 4.78 is 10.8. The molecule has 1 rings (SSSR count). The van der Waals surface area contributed by atoms with E-state index in [-0.39, 0.29) is 0 Å². The summed E-state index contributed by atoms with van der Waals surface area (Å²) in [7, 11) is 0. The van der Waals surface area contributed by atoms with Gasteiger partial charge in [-0.25, -0.2) is 0 Å². The van der Waals surface area contributed by atoms with E-state index in [0.29, 0.717) is 19.8 Å². The van der Waals surface area contributed by atoms with Crippen LogP contribution < -0.4 is 4.74 Å². The topological polar surface area (TPSA) is 38.7 Å². The highest BCUT2D eigenvalue weighted by molar-refractivity contribution is 5.30. The molecule has 0 aliphatic carbocycles. The van der Waals surface area contributed by atoms with E-state index in [1.54, 1.807) is 6.92 Å². The Kier molecular flexibility index (Phi) is 5.45. The van der Waals surface area contributed by atoms with Crippen LogP contribution in [0, 0.1) is 0 Å². The average Bonchev–Trinajstić information content (AvgIpc) is 2.34. The molecule has 0 aromatic heterocycles. The van der Waals surface area contributed by atoms with Crippen LogP contribution in [0.15, 0.2) is 24.3 Å². The minimum atomic E-state index is -0.945. The molecule has 1 atom stereocenters. The van der Waals surface area contributed by atoms with Crippen LogP contribution >= 0.6 is 0 Å². The molecule has 0 aliphatic rings. The van der Waals surface area contributed by atoms with Crippen molar-refractivity contribution in [1.82, 2.24) is 0 Å². The van der Waals surface area contributed by atoms with E-state index in [2.05, 4.69) is 6.92 Å². The smallest absolute Gasteiger partial charge is 0.119 e. The highest BCUT2D eigenvalue weighted by Gasteiger charge is 2.22. The molecule has 3 nitrogen and oxygen atoms in total. The minimum absolute atomic E-state index is 0.304. The molecule has 0 saturated heterocycles. The standard InChI is InChI=1S/C14H22O3/c1-4-10-17-13-8-6-12(7-9-13)14(3,15)11-16-5-2/h6-9,15H,4-5,10-11H2,1-3H3. The van der Waals surface area contributed by atoms with Crippen molar-refractivity contribution in [3.05, 3.63) is 29.8 Å². The normalized spacial score (nSPS) is 14.4. The third-order valence-corrected chi connectivity index (χ3v) is 2.54. The molecule has 0 radical (unpaired) electrons. The van der Waals surface area contributed by atoms with Gasteiger partial charge in [-0.15, -0.1) is 0 Å². The number of hydrogen-bond donors (Lipinski definition) is 1. The van der Waals surface area contributed by atoms with Crippen molar-refractivity contribution in [3.63, 3.8) is 0 Å². The molecule has 1 unspecified atom stereocenters. The lowest BCUT2D eigenvalue weighted by Gasteiger charge is -2.23. The number of benzene rings is 1. The SMILES string of the molecule is CCCOc1ccc(C(C)(O)COCC)cc1. The van der Waals surface area contributed by atoms with Crippen molar-refractivity contribution >= 4 is 0 Å². The molecular weight excluding hydrogens is 216 g/mol. The zero-order chi connectivity index (χ0) is 12.7. The van der Waals surface area contributed by atoms with Gasteiger partial charge in [0.25, 0.3) is 0 Å². The van der Waals surface area contributed by atoms with Crippen LogP contribution in [-0.4, -0.2) is 24.9 Å². The van der Waals surface area contributed by atoms with Crippen LogP contribution in [0.25, 0.3) is 0 Å². The summed E-state index contributed by atoms with van der Waals surface area (Å²) >= 11 is 0. The first kappa shape index (κ1) is 14.0.